The summed E-state index contributed by atoms with van der Waals surface area (Å²) >= 11 is 0. The van der Waals surface area contributed by atoms with E-state index in [2.05, 4.69) is 99.8 Å². The van der Waals surface area contributed by atoms with Gasteiger partial charge in [0, 0.05) is 19.3 Å². The van der Waals surface area contributed by atoms with Crippen LogP contribution in [0.3, 0.4) is 0 Å². The summed E-state index contributed by atoms with van der Waals surface area (Å²) in [6.45, 7) is 6.23. The molecule has 0 saturated heterocycles. The molecule has 6 heteroatoms. The van der Waals surface area contributed by atoms with Crippen molar-refractivity contribution in [2.75, 3.05) is 13.2 Å². The van der Waals surface area contributed by atoms with Crippen molar-refractivity contribution in [2.24, 2.45) is 0 Å². The van der Waals surface area contributed by atoms with Crippen LogP contribution in [0.5, 0.6) is 0 Å². The maximum Gasteiger partial charge on any atom is 0.306 e. The Labute approximate surface area is 392 Å². The smallest absolute Gasteiger partial charge is 0.306 e. The Hall–Kier alpha value is -4.45. The number of allylic oxidation sites excluding steroid dienone is 22. The van der Waals surface area contributed by atoms with E-state index in [4.69, 9.17) is 14.2 Å². The van der Waals surface area contributed by atoms with Gasteiger partial charge in [-0.3, -0.25) is 14.4 Å². The third-order valence-corrected chi connectivity index (χ3v) is 10.1. The summed E-state index contributed by atoms with van der Waals surface area (Å²) in [7, 11) is 0. The quantitative estimate of drug-likeness (QED) is 0.0263. The van der Waals surface area contributed by atoms with Gasteiger partial charge in [0.05, 0.1) is 0 Å². The first-order valence-corrected chi connectivity index (χ1v) is 25.3. The molecular formula is C58H90O6. The lowest BCUT2D eigenvalue weighted by atomic mass is 10.1. The second-order valence-electron chi connectivity index (χ2n) is 16.2. The Morgan fingerprint density at radius 1 is 0.328 bits per heavy atom. The number of esters is 3. The lowest BCUT2D eigenvalue weighted by Gasteiger charge is -2.18. The first-order chi connectivity index (χ1) is 31.5. The molecule has 0 aliphatic carbocycles. The summed E-state index contributed by atoms with van der Waals surface area (Å²) in [6.07, 6.45) is 71.5. The fraction of sp³-hybridized carbons (Fsp3) is 0.569. The Morgan fingerprint density at radius 2 is 0.625 bits per heavy atom. The average Bonchev–Trinajstić information content (AvgIpc) is 3.29. The molecular weight excluding hydrogens is 793 g/mol. The highest BCUT2D eigenvalue weighted by Crippen LogP contribution is 2.13. The van der Waals surface area contributed by atoms with E-state index in [9.17, 15) is 14.4 Å². The number of unbranched alkanes of at least 4 members (excludes halogenated alkanes) is 18. The number of hydrogen-bond acceptors (Lipinski definition) is 6. The van der Waals surface area contributed by atoms with Crippen LogP contribution < -0.4 is 0 Å². The van der Waals surface area contributed by atoms with Crippen molar-refractivity contribution < 1.29 is 28.6 Å². The van der Waals surface area contributed by atoms with Gasteiger partial charge in [-0.1, -0.05) is 231 Å². The SMILES string of the molecule is CC/C=C/C=C/C=C/C=C/C=C/CCCC(=O)OCC(COC(=O)CCCCCCC/C=C/C=C/C=C/CCCCCCC)OC(=O)CCCCCCCCC/C=C/C=C/C=C/CC. The molecule has 0 amide bonds. The molecule has 0 spiro atoms. The highest BCUT2D eigenvalue weighted by molar-refractivity contribution is 5.71. The summed E-state index contributed by atoms with van der Waals surface area (Å²) in [5, 5.41) is 0. The molecule has 6 nitrogen and oxygen atoms in total. The van der Waals surface area contributed by atoms with Crippen LogP contribution in [0.1, 0.15) is 194 Å². The van der Waals surface area contributed by atoms with E-state index < -0.39 is 6.10 Å². The molecule has 0 bridgehead atoms. The summed E-state index contributed by atoms with van der Waals surface area (Å²) in [6, 6.07) is 0. The molecule has 0 aromatic rings. The normalized spacial score (nSPS) is 13.2. The molecule has 1 atom stereocenters. The van der Waals surface area contributed by atoms with Crippen LogP contribution in [0.2, 0.25) is 0 Å². The van der Waals surface area contributed by atoms with Crippen molar-refractivity contribution in [3.63, 3.8) is 0 Å². The van der Waals surface area contributed by atoms with Gasteiger partial charge in [0.1, 0.15) is 13.2 Å². The average molecular weight is 883 g/mol. The highest BCUT2D eigenvalue weighted by Gasteiger charge is 2.19. The second-order valence-corrected chi connectivity index (χ2v) is 16.2. The number of hydrogen-bond donors (Lipinski definition) is 0. The predicted octanol–water partition coefficient (Wildman–Crippen LogP) is 16.7. The van der Waals surface area contributed by atoms with Crippen LogP contribution in [-0.4, -0.2) is 37.2 Å². The van der Waals surface area contributed by atoms with E-state index in [0.717, 1.165) is 96.3 Å². The van der Waals surface area contributed by atoms with Crippen molar-refractivity contribution in [3.05, 3.63) is 134 Å². The molecule has 358 valence electrons. The molecule has 0 aliphatic heterocycles. The van der Waals surface area contributed by atoms with E-state index in [1.165, 1.54) is 51.4 Å². The summed E-state index contributed by atoms with van der Waals surface area (Å²) in [5.41, 5.74) is 0. The zero-order valence-electron chi connectivity index (χ0n) is 40.7. The molecule has 1 unspecified atom stereocenters. The number of carbonyl (C=O) groups is 3. The third kappa shape index (κ3) is 48.6. The fourth-order valence-corrected chi connectivity index (χ4v) is 6.35. The van der Waals surface area contributed by atoms with E-state index in [0.29, 0.717) is 12.8 Å². The van der Waals surface area contributed by atoms with Crippen LogP contribution in [0.25, 0.3) is 0 Å². The van der Waals surface area contributed by atoms with Gasteiger partial charge < -0.3 is 14.2 Å². The van der Waals surface area contributed by atoms with E-state index >= 15 is 0 Å². The van der Waals surface area contributed by atoms with Crippen molar-refractivity contribution in [2.45, 2.75) is 200 Å². The van der Waals surface area contributed by atoms with Crippen LogP contribution in [-0.2, 0) is 28.6 Å². The molecule has 0 aromatic carbocycles. The topological polar surface area (TPSA) is 78.9 Å². The fourth-order valence-electron chi connectivity index (χ4n) is 6.35. The van der Waals surface area contributed by atoms with Crippen LogP contribution in [0.15, 0.2) is 134 Å². The van der Waals surface area contributed by atoms with Crippen molar-refractivity contribution in [1.29, 1.82) is 0 Å². The molecule has 0 saturated carbocycles. The lowest BCUT2D eigenvalue weighted by Crippen LogP contribution is -2.30. The Kier molecular flexibility index (Phi) is 47.6. The van der Waals surface area contributed by atoms with Gasteiger partial charge in [-0.05, 0) is 77.0 Å². The number of carbonyl (C=O) groups excluding carboxylic acids is 3. The van der Waals surface area contributed by atoms with Crippen LogP contribution >= 0.6 is 0 Å². The summed E-state index contributed by atoms with van der Waals surface area (Å²) < 4.78 is 16.7. The maximum atomic E-state index is 12.8. The molecule has 0 heterocycles. The zero-order valence-corrected chi connectivity index (χ0v) is 40.7. The van der Waals surface area contributed by atoms with E-state index in [-0.39, 0.29) is 44.0 Å². The first-order valence-electron chi connectivity index (χ1n) is 25.3. The van der Waals surface area contributed by atoms with Gasteiger partial charge in [-0.2, -0.15) is 0 Å². The predicted molar refractivity (Wildman–Crippen MR) is 274 cm³/mol. The van der Waals surface area contributed by atoms with Gasteiger partial charge in [-0.25, -0.2) is 0 Å². The molecule has 0 fully saturated rings. The molecule has 0 radical (unpaired) electrons. The lowest BCUT2D eigenvalue weighted by molar-refractivity contribution is -0.167. The first kappa shape index (κ1) is 59.5. The van der Waals surface area contributed by atoms with Gasteiger partial charge in [-0.15, -0.1) is 0 Å². The minimum absolute atomic E-state index is 0.121. The van der Waals surface area contributed by atoms with E-state index in [1.54, 1.807) is 0 Å². The highest BCUT2D eigenvalue weighted by atomic mass is 16.6. The monoisotopic (exact) mass is 883 g/mol. The number of ether oxygens (including phenoxy) is 3. The summed E-state index contributed by atoms with van der Waals surface area (Å²) in [4.78, 5) is 37.9. The van der Waals surface area contributed by atoms with Crippen LogP contribution in [0.4, 0.5) is 0 Å². The second kappa shape index (κ2) is 51.2. The third-order valence-electron chi connectivity index (χ3n) is 10.1. The standard InChI is InChI=1S/C58H90O6/c1-4-7-10-13-16-19-22-25-27-28-29-31-33-36-39-42-45-48-51-57(60)63-54-55(53-62-56(59)50-47-44-41-38-35-32-24-21-18-15-12-9-6-3)64-58(61)52-49-46-43-40-37-34-30-26-23-20-17-14-11-8-5-2/h8-9,11-12,14-15,17-18,20-25,27-29,31-32,35,38,41,55H,4-7,10,13,16,19,26,30,33-34,36-37,39-40,42-54H2,1-3H3/b11-8+,12-9+,17-14+,18-15+,23-20+,24-21+,25-22+,28-27+,31-29+,35-32+,41-38+. The minimum atomic E-state index is -0.826. The van der Waals surface area contributed by atoms with Gasteiger partial charge in [0.15, 0.2) is 6.10 Å². The molecule has 0 rings (SSSR count). The maximum absolute atomic E-state index is 12.8. The number of rotatable bonds is 43. The molecule has 0 aromatic heterocycles. The summed E-state index contributed by atoms with van der Waals surface area (Å²) in [5.74, 6) is -1.04. The molecule has 64 heavy (non-hydrogen) atoms. The Bertz CT molecular complexity index is 1430. The van der Waals surface area contributed by atoms with Gasteiger partial charge >= 0.3 is 17.9 Å². The zero-order chi connectivity index (χ0) is 46.5. The molecule has 0 N–H and O–H groups in total. The van der Waals surface area contributed by atoms with E-state index in [1.807, 2.05) is 54.7 Å². The molecule has 0 aliphatic rings. The van der Waals surface area contributed by atoms with Crippen molar-refractivity contribution in [3.8, 4) is 0 Å². The van der Waals surface area contributed by atoms with Crippen LogP contribution in [0, 0.1) is 0 Å². The van der Waals surface area contributed by atoms with Gasteiger partial charge in [0.2, 0.25) is 0 Å². The van der Waals surface area contributed by atoms with Crippen molar-refractivity contribution >= 4 is 17.9 Å². The van der Waals surface area contributed by atoms with Gasteiger partial charge in [0.25, 0.3) is 0 Å². The van der Waals surface area contributed by atoms with Crippen molar-refractivity contribution in [1.82, 2.24) is 0 Å². The Balaban J connectivity index is 4.56. The largest absolute Gasteiger partial charge is 0.462 e. The Morgan fingerprint density at radius 3 is 1.02 bits per heavy atom. The minimum Gasteiger partial charge on any atom is -0.462 e.